The Balaban J connectivity index is 2.09. The van der Waals surface area contributed by atoms with Crippen molar-refractivity contribution < 1.29 is 4.79 Å². The third-order valence-electron chi connectivity index (χ3n) is 3.13. The first-order valence-corrected chi connectivity index (χ1v) is 6.51. The molecule has 0 radical (unpaired) electrons. The average Bonchev–Trinajstić information content (AvgIpc) is 2.43. The molecule has 0 spiro atoms. The van der Waals surface area contributed by atoms with Crippen LogP contribution in [0.3, 0.4) is 0 Å². The van der Waals surface area contributed by atoms with Gasteiger partial charge in [-0.2, -0.15) is 0 Å². The number of carbonyl (C=O) groups is 1. The van der Waals surface area contributed by atoms with Crippen LogP contribution >= 0.6 is 0 Å². The summed E-state index contributed by atoms with van der Waals surface area (Å²) in [7, 11) is 0. The van der Waals surface area contributed by atoms with Crippen molar-refractivity contribution >= 4 is 22.6 Å². The molecule has 0 aromatic heterocycles. The van der Waals surface area contributed by atoms with Crippen molar-refractivity contribution in [1.29, 1.82) is 0 Å². The molecule has 1 heteroatoms. The summed E-state index contributed by atoms with van der Waals surface area (Å²) in [4.78, 5) is 11.4. The molecule has 96 valence electrons. The van der Waals surface area contributed by atoms with Gasteiger partial charge in [0.05, 0.1) is 0 Å². The second kappa shape index (κ2) is 6.14. The molecule has 2 aromatic carbocycles. The maximum absolute atomic E-state index is 11.4. The number of Topliss-reactive ketones (excluding diaryl/α,β-unsaturated/α-hetero) is 1. The summed E-state index contributed by atoms with van der Waals surface area (Å²) in [6, 6.07) is 14.6. The number of allylic oxidation sites excluding steroid dienone is 2. The van der Waals surface area contributed by atoms with Crippen LogP contribution in [-0.2, 0) is 4.79 Å². The molecule has 2 rings (SSSR count). The molecule has 0 heterocycles. The van der Waals surface area contributed by atoms with Gasteiger partial charge in [0.25, 0.3) is 0 Å². The first-order valence-electron chi connectivity index (χ1n) is 6.51. The van der Waals surface area contributed by atoms with Gasteiger partial charge in [-0.1, -0.05) is 61.2 Å². The Morgan fingerprint density at radius 2 is 1.89 bits per heavy atom. The van der Waals surface area contributed by atoms with Gasteiger partial charge in [-0.3, -0.25) is 4.79 Å². The van der Waals surface area contributed by atoms with E-state index in [1.54, 1.807) is 6.92 Å². The zero-order chi connectivity index (χ0) is 13.7. The lowest BCUT2D eigenvalue weighted by atomic mass is 10.0. The Hall–Kier alpha value is -2.15. The Bertz CT molecular complexity index is 630. The van der Waals surface area contributed by atoms with E-state index < -0.39 is 0 Å². The highest BCUT2D eigenvalue weighted by atomic mass is 16.1. The minimum Gasteiger partial charge on any atom is -0.295 e. The van der Waals surface area contributed by atoms with E-state index in [1.165, 1.54) is 16.3 Å². The summed E-state index contributed by atoms with van der Waals surface area (Å²) in [6.07, 6.45) is 5.45. The highest BCUT2D eigenvalue weighted by molar-refractivity contribution is 5.94. The highest BCUT2D eigenvalue weighted by Gasteiger charge is 2.00. The summed E-state index contributed by atoms with van der Waals surface area (Å²) >= 11 is 0. The Kier molecular flexibility index (Phi) is 4.30. The van der Waals surface area contributed by atoms with Gasteiger partial charge in [0.2, 0.25) is 0 Å². The molecule has 0 fully saturated rings. The summed E-state index contributed by atoms with van der Waals surface area (Å²) in [5.74, 6) is 0.141. The topological polar surface area (TPSA) is 17.1 Å². The van der Waals surface area contributed by atoms with Gasteiger partial charge in [0.15, 0.2) is 5.78 Å². The molecular weight excluding hydrogens is 232 g/mol. The molecule has 0 aliphatic carbocycles. The van der Waals surface area contributed by atoms with Crippen molar-refractivity contribution in [1.82, 2.24) is 0 Å². The van der Waals surface area contributed by atoms with Crippen molar-refractivity contribution in [2.75, 3.05) is 0 Å². The van der Waals surface area contributed by atoms with Crippen LogP contribution in [0.4, 0.5) is 0 Å². The van der Waals surface area contributed by atoms with Crippen LogP contribution < -0.4 is 0 Å². The normalized spacial score (nSPS) is 11.0. The van der Waals surface area contributed by atoms with Gasteiger partial charge in [0, 0.05) is 6.42 Å². The molecule has 0 amide bonds. The van der Waals surface area contributed by atoms with Gasteiger partial charge in [-0.05, 0) is 35.3 Å². The molecular formula is C18H18O. The summed E-state index contributed by atoms with van der Waals surface area (Å²) in [6.45, 7) is 5.42. The van der Waals surface area contributed by atoms with Crippen LogP contribution in [0.1, 0.15) is 25.3 Å². The molecule has 0 saturated heterocycles. The number of hydrogen-bond acceptors (Lipinski definition) is 1. The Labute approximate surface area is 114 Å². The number of benzene rings is 2. The quantitative estimate of drug-likeness (QED) is 0.698. The Morgan fingerprint density at radius 3 is 2.68 bits per heavy atom. The molecule has 0 unspecified atom stereocenters. The lowest BCUT2D eigenvalue weighted by Crippen LogP contribution is -1.96. The minimum absolute atomic E-state index is 0.141. The van der Waals surface area contributed by atoms with Gasteiger partial charge in [-0.25, -0.2) is 0 Å². The third-order valence-corrected chi connectivity index (χ3v) is 3.13. The zero-order valence-corrected chi connectivity index (χ0v) is 11.2. The second-order valence-electron chi connectivity index (χ2n) is 4.71. The van der Waals surface area contributed by atoms with Crippen LogP contribution in [0.5, 0.6) is 0 Å². The first-order chi connectivity index (χ1) is 9.18. The van der Waals surface area contributed by atoms with E-state index in [0.29, 0.717) is 12.0 Å². The van der Waals surface area contributed by atoms with Crippen molar-refractivity contribution in [3.63, 3.8) is 0 Å². The maximum atomic E-state index is 11.4. The van der Waals surface area contributed by atoms with Gasteiger partial charge in [-0.15, -0.1) is 0 Å². The fourth-order valence-electron chi connectivity index (χ4n) is 2.03. The SMILES string of the molecule is C=C(C)C(=O)CCC=Cc1cccc2ccccc12. The molecule has 0 atom stereocenters. The van der Waals surface area contributed by atoms with Crippen molar-refractivity contribution in [3.8, 4) is 0 Å². The lowest BCUT2D eigenvalue weighted by Gasteiger charge is -2.01. The second-order valence-corrected chi connectivity index (χ2v) is 4.71. The summed E-state index contributed by atoms with van der Waals surface area (Å²) in [5, 5.41) is 2.48. The molecule has 1 nitrogen and oxygen atoms in total. The van der Waals surface area contributed by atoms with Crippen molar-refractivity contribution in [2.45, 2.75) is 19.8 Å². The number of rotatable bonds is 5. The average molecular weight is 250 g/mol. The molecule has 19 heavy (non-hydrogen) atoms. The van der Waals surface area contributed by atoms with Crippen LogP contribution in [-0.4, -0.2) is 5.78 Å². The summed E-state index contributed by atoms with van der Waals surface area (Å²) < 4.78 is 0. The van der Waals surface area contributed by atoms with E-state index in [4.69, 9.17) is 0 Å². The number of fused-ring (bicyclic) bond motifs is 1. The molecule has 0 aliphatic rings. The van der Waals surface area contributed by atoms with E-state index in [9.17, 15) is 4.79 Å². The minimum atomic E-state index is 0.141. The monoisotopic (exact) mass is 250 g/mol. The standard InChI is InChI=1S/C18H18O/c1-14(2)18(19)13-6-4-9-16-11-7-10-15-8-3-5-12-17(15)16/h3-5,7-12H,1,6,13H2,2H3. The van der Waals surface area contributed by atoms with Crippen molar-refractivity contribution in [2.24, 2.45) is 0 Å². The summed E-state index contributed by atoms with van der Waals surface area (Å²) in [5.41, 5.74) is 1.83. The number of carbonyl (C=O) groups excluding carboxylic acids is 1. The van der Waals surface area contributed by atoms with E-state index in [1.807, 2.05) is 12.1 Å². The van der Waals surface area contributed by atoms with E-state index in [-0.39, 0.29) is 5.78 Å². The zero-order valence-electron chi connectivity index (χ0n) is 11.2. The van der Waals surface area contributed by atoms with E-state index in [2.05, 4.69) is 49.1 Å². The van der Waals surface area contributed by atoms with Crippen LogP contribution in [0.2, 0.25) is 0 Å². The van der Waals surface area contributed by atoms with Gasteiger partial charge < -0.3 is 0 Å². The van der Waals surface area contributed by atoms with Crippen LogP contribution in [0.15, 0.2) is 60.7 Å². The predicted octanol–water partition coefficient (Wildman–Crippen LogP) is 4.78. The van der Waals surface area contributed by atoms with Crippen LogP contribution in [0.25, 0.3) is 16.8 Å². The number of hydrogen-bond donors (Lipinski definition) is 0. The molecule has 0 aliphatic heterocycles. The third kappa shape index (κ3) is 3.41. The van der Waals surface area contributed by atoms with E-state index in [0.717, 1.165) is 6.42 Å². The lowest BCUT2D eigenvalue weighted by molar-refractivity contribution is -0.115. The highest BCUT2D eigenvalue weighted by Crippen LogP contribution is 2.19. The molecule has 2 aromatic rings. The molecule has 0 N–H and O–H groups in total. The largest absolute Gasteiger partial charge is 0.295 e. The van der Waals surface area contributed by atoms with Gasteiger partial charge >= 0.3 is 0 Å². The first kappa shape index (κ1) is 13.3. The fraction of sp³-hybridized carbons (Fsp3) is 0.167. The van der Waals surface area contributed by atoms with Crippen molar-refractivity contribution in [3.05, 3.63) is 66.3 Å². The number of ketones is 1. The predicted molar refractivity (Wildman–Crippen MR) is 82.0 cm³/mol. The van der Waals surface area contributed by atoms with Gasteiger partial charge in [0.1, 0.15) is 0 Å². The fourth-order valence-corrected chi connectivity index (χ4v) is 2.03. The Morgan fingerprint density at radius 1 is 1.16 bits per heavy atom. The smallest absolute Gasteiger partial charge is 0.158 e. The van der Waals surface area contributed by atoms with E-state index >= 15 is 0 Å². The molecule has 0 bridgehead atoms. The maximum Gasteiger partial charge on any atom is 0.158 e. The van der Waals surface area contributed by atoms with Crippen LogP contribution in [0, 0.1) is 0 Å². The molecule has 0 saturated carbocycles.